The van der Waals surface area contributed by atoms with E-state index >= 15 is 0 Å². The second kappa shape index (κ2) is 3.29. The van der Waals surface area contributed by atoms with Gasteiger partial charge in [-0.2, -0.15) is 0 Å². The summed E-state index contributed by atoms with van der Waals surface area (Å²) in [6.07, 6.45) is 6.78. The first kappa shape index (κ1) is 8.42. The van der Waals surface area contributed by atoms with E-state index in [4.69, 9.17) is 0 Å². The Balaban J connectivity index is 2.19. The van der Waals surface area contributed by atoms with Crippen molar-refractivity contribution in [3.63, 3.8) is 0 Å². The zero-order valence-electron chi connectivity index (χ0n) is 7.79. The minimum Gasteiger partial charge on any atom is -0.294 e. The maximum absolute atomic E-state index is 11.7. The van der Waals surface area contributed by atoms with Crippen molar-refractivity contribution < 1.29 is 4.79 Å². The molecule has 0 spiro atoms. The number of aryl methyl sites for hydroxylation is 1. The molecule has 1 aliphatic rings. The number of nitrogens with zero attached hydrogens (tertiary/aromatic N) is 1. The molecular formula is C11H13NO. The summed E-state index contributed by atoms with van der Waals surface area (Å²) in [6.45, 7) is 1.96. The molecule has 2 nitrogen and oxygen atoms in total. The van der Waals surface area contributed by atoms with E-state index in [1.807, 2.05) is 13.0 Å². The predicted octanol–water partition coefficient (Wildman–Crippen LogP) is 2.37. The maximum atomic E-state index is 11.7. The molecule has 1 aliphatic carbocycles. The number of hydrogen-bond acceptors (Lipinski definition) is 2. The molecule has 13 heavy (non-hydrogen) atoms. The fourth-order valence-corrected chi connectivity index (χ4v) is 1.60. The monoisotopic (exact) mass is 175 g/mol. The van der Waals surface area contributed by atoms with Gasteiger partial charge in [0.1, 0.15) is 0 Å². The van der Waals surface area contributed by atoms with Gasteiger partial charge in [0.25, 0.3) is 0 Å². The number of ketones is 1. The molecule has 0 saturated heterocycles. The third-order valence-corrected chi connectivity index (χ3v) is 2.64. The van der Waals surface area contributed by atoms with Crippen molar-refractivity contribution in [3.05, 3.63) is 29.6 Å². The van der Waals surface area contributed by atoms with Gasteiger partial charge in [0.15, 0.2) is 5.78 Å². The van der Waals surface area contributed by atoms with Crippen LogP contribution < -0.4 is 0 Å². The van der Waals surface area contributed by atoms with Crippen LogP contribution in [0, 0.1) is 12.8 Å². The van der Waals surface area contributed by atoms with E-state index in [2.05, 4.69) is 4.98 Å². The van der Waals surface area contributed by atoms with Crippen LogP contribution in [-0.4, -0.2) is 10.8 Å². The quantitative estimate of drug-likeness (QED) is 0.646. The molecule has 0 atom stereocenters. The van der Waals surface area contributed by atoms with Gasteiger partial charge >= 0.3 is 0 Å². The van der Waals surface area contributed by atoms with E-state index in [0.29, 0.717) is 0 Å². The Morgan fingerprint density at radius 2 is 2.23 bits per heavy atom. The largest absolute Gasteiger partial charge is 0.294 e. The summed E-state index contributed by atoms with van der Waals surface area (Å²) in [4.78, 5) is 15.8. The lowest BCUT2D eigenvalue weighted by atomic mass is 9.80. The molecule has 1 aromatic rings. The van der Waals surface area contributed by atoms with Crippen LogP contribution >= 0.6 is 0 Å². The number of Topliss-reactive ketones (excluding diaryl/α,β-unsaturated/α-hetero) is 1. The molecule has 0 radical (unpaired) electrons. The maximum Gasteiger partial charge on any atom is 0.167 e. The van der Waals surface area contributed by atoms with Gasteiger partial charge < -0.3 is 0 Å². The molecule has 0 unspecified atom stereocenters. The van der Waals surface area contributed by atoms with E-state index in [9.17, 15) is 4.79 Å². The van der Waals surface area contributed by atoms with Gasteiger partial charge in [0, 0.05) is 23.9 Å². The number of aromatic nitrogens is 1. The molecule has 1 saturated carbocycles. The van der Waals surface area contributed by atoms with E-state index in [1.165, 1.54) is 6.42 Å². The van der Waals surface area contributed by atoms with Gasteiger partial charge in [-0.05, 0) is 31.4 Å². The summed E-state index contributed by atoms with van der Waals surface area (Å²) < 4.78 is 0. The first-order valence-electron chi connectivity index (χ1n) is 4.73. The van der Waals surface area contributed by atoms with Gasteiger partial charge in [0.2, 0.25) is 0 Å². The average Bonchev–Trinajstić information content (AvgIpc) is 2.01. The third kappa shape index (κ3) is 1.62. The van der Waals surface area contributed by atoms with Crippen LogP contribution in [0.2, 0.25) is 0 Å². The van der Waals surface area contributed by atoms with E-state index in [-0.39, 0.29) is 11.7 Å². The van der Waals surface area contributed by atoms with Crippen molar-refractivity contribution in [3.8, 4) is 0 Å². The highest BCUT2D eigenvalue weighted by Gasteiger charge is 2.26. The molecule has 2 heteroatoms. The summed E-state index contributed by atoms with van der Waals surface area (Å²) in [5.41, 5.74) is 1.84. The van der Waals surface area contributed by atoms with Crippen LogP contribution in [0.15, 0.2) is 18.5 Å². The highest BCUT2D eigenvalue weighted by atomic mass is 16.1. The Kier molecular flexibility index (Phi) is 2.13. The van der Waals surface area contributed by atoms with Gasteiger partial charge in [-0.3, -0.25) is 9.78 Å². The molecule has 2 rings (SSSR count). The summed E-state index contributed by atoms with van der Waals surface area (Å²) in [5, 5.41) is 0. The summed E-state index contributed by atoms with van der Waals surface area (Å²) in [7, 11) is 0. The van der Waals surface area contributed by atoms with Crippen molar-refractivity contribution in [1.82, 2.24) is 4.98 Å². The van der Waals surface area contributed by atoms with Crippen LogP contribution in [0.25, 0.3) is 0 Å². The number of rotatable bonds is 2. The zero-order chi connectivity index (χ0) is 9.26. The molecule has 0 amide bonds. The second-order valence-corrected chi connectivity index (χ2v) is 3.74. The Morgan fingerprint density at radius 3 is 2.77 bits per heavy atom. The second-order valence-electron chi connectivity index (χ2n) is 3.74. The fraction of sp³-hybridized carbons (Fsp3) is 0.455. The molecule has 0 aromatic carbocycles. The van der Waals surface area contributed by atoms with Crippen molar-refractivity contribution in [2.45, 2.75) is 26.2 Å². The molecule has 1 aromatic heterocycles. The first-order valence-corrected chi connectivity index (χ1v) is 4.73. The number of carbonyl (C=O) groups excluding carboxylic acids is 1. The standard InChI is InChI=1S/C11H13NO/c1-8-5-10(7-12-6-8)11(13)9-3-2-4-9/h5-7,9H,2-4H2,1H3. The van der Waals surface area contributed by atoms with Gasteiger partial charge in [-0.1, -0.05) is 6.42 Å². The average molecular weight is 175 g/mol. The van der Waals surface area contributed by atoms with E-state index < -0.39 is 0 Å². The molecular weight excluding hydrogens is 162 g/mol. The highest BCUT2D eigenvalue weighted by Crippen LogP contribution is 2.29. The first-order chi connectivity index (χ1) is 6.27. The third-order valence-electron chi connectivity index (χ3n) is 2.64. The van der Waals surface area contributed by atoms with Crippen molar-refractivity contribution in [2.24, 2.45) is 5.92 Å². The SMILES string of the molecule is Cc1cncc(C(=O)C2CCC2)c1. The molecule has 1 heterocycles. The molecule has 0 bridgehead atoms. The molecule has 0 aliphatic heterocycles. The van der Waals surface area contributed by atoms with E-state index in [1.54, 1.807) is 12.4 Å². The number of hydrogen-bond donors (Lipinski definition) is 0. The minimum absolute atomic E-state index is 0.280. The van der Waals surface area contributed by atoms with Gasteiger partial charge in [-0.15, -0.1) is 0 Å². The number of carbonyl (C=O) groups is 1. The van der Waals surface area contributed by atoms with Gasteiger partial charge in [-0.25, -0.2) is 0 Å². The van der Waals surface area contributed by atoms with E-state index in [0.717, 1.165) is 24.0 Å². The Bertz CT molecular complexity index is 329. The lowest BCUT2D eigenvalue weighted by molar-refractivity contribution is 0.0855. The lowest BCUT2D eigenvalue weighted by Gasteiger charge is -2.23. The Hall–Kier alpha value is -1.18. The van der Waals surface area contributed by atoms with Crippen LogP contribution in [0.1, 0.15) is 35.2 Å². The summed E-state index contributed by atoms with van der Waals surface area (Å²) >= 11 is 0. The van der Waals surface area contributed by atoms with Crippen LogP contribution in [0.4, 0.5) is 0 Å². The summed E-state index contributed by atoms with van der Waals surface area (Å²) in [5.74, 6) is 0.561. The van der Waals surface area contributed by atoms with Crippen LogP contribution in [0.3, 0.4) is 0 Å². The summed E-state index contributed by atoms with van der Waals surface area (Å²) in [6, 6.07) is 1.92. The van der Waals surface area contributed by atoms with Crippen molar-refractivity contribution in [1.29, 1.82) is 0 Å². The minimum atomic E-state index is 0.280. The lowest BCUT2D eigenvalue weighted by Crippen LogP contribution is -2.22. The topological polar surface area (TPSA) is 30.0 Å². The fourth-order valence-electron chi connectivity index (χ4n) is 1.60. The van der Waals surface area contributed by atoms with Crippen LogP contribution in [-0.2, 0) is 0 Å². The highest BCUT2D eigenvalue weighted by molar-refractivity contribution is 5.98. The number of pyridine rings is 1. The smallest absolute Gasteiger partial charge is 0.167 e. The van der Waals surface area contributed by atoms with Gasteiger partial charge in [0.05, 0.1) is 0 Å². The Labute approximate surface area is 78.0 Å². The molecule has 68 valence electrons. The molecule has 1 fully saturated rings. The van der Waals surface area contributed by atoms with Crippen molar-refractivity contribution >= 4 is 5.78 Å². The Morgan fingerprint density at radius 1 is 1.46 bits per heavy atom. The normalized spacial score (nSPS) is 16.7. The van der Waals surface area contributed by atoms with Crippen LogP contribution in [0.5, 0.6) is 0 Å². The van der Waals surface area contributed by atoms with Crippen molar-refractivity contribution in [2.75, 3.05) is 0 Å². The zero-order valence-corrected chi connectivity index (χ0v) is 7.79. The molecule has 0 N–H and O–H groups in total. The predicted molar refractivity (Wildman–Crippen MR) is 50.6 cm³/mol.